The minimum Gasteiger partial charge on any atom is -0.490 e. The SMILES string of the molecule is CCC(=O)N1CCN(C(=O)Cc2ccc3c(c2)OCCCO3)CC1. The molecule has 0 unspecified atom stereocenters. The van der Waals surface area contributed by atoms with Crippen molar-refractivity contribution < 1.29 is 19.1 Å². The van der Waals surface area contributed by atoms with Crippen molar-refractivity contribution in [1.29, 1.82) is 0 Å². The lowest BCUT2D eigenvalue weighted by molar-refractivity contribution is -0.139. The lowest BCUT2D eigenvalue weighted by atomic mass is 10.1. The van der Waals surface area contributed by atoms with E-state index >= 15 is 0 Å². The van der Waals surface area contributed by atoms with E-state index in [1.807, 2.05) is 34.9 Å². The van der Waals surface area contributed by atoms with E-state index in [-0.39, 0.29) is 11.8 Å². The van der Waals surface area contributed by atoms with Crippen molar-refractivity contribution >= 4 is 11.8 Å². The number of carbonyl (C=O) groups is 2. The summed E-state index contributed by atoms with van der Waals surface area (Å²) in [5, 5.41) is 0. The third kappa shape index (κ3) is 3.80. The van der Waals surface area contributed by atoms with Crippen molar-refractivity contribution in [2.75, 3.05) is 39.4 Å². The lowest BCUT2D eigenvalue weighted by Gasteiger charge is -2.34. The number of piperazine rings is 1. The number of nitrogens with zero attached hydrogens (tertiary/aromatic N) is 2. The van der Waals surface area contributed by atoms with Crippen molar-refractivity contribution in [2.24, 2.45) is 0 Å². The van der Waals surface area contributed by atoms with Crippen LogP contribution in [0.15, 0.2) is 18.2 Å². The molecule has 0 aromatic heterocycles. The molecular weight excluding hydrogens is 308 g/mol. The Hall–Kier alpha value is -2.24. The van der Waals surface area contributed by atoms with Crippen molar-refractivity contribution in [3.63, 3.8) is 0 Å². The Morgan fingerprint density at radius 3 is 2.25 bits per heavy atom. The van der Waals surface area contributed by atoms with Gasteiger partial charge in [0.25, 0.3) is 0 Å². The molecule has 2 aliphatic rings. The molecule has 1 aromatic carbocycles. The number of ether oxygens (including phenoxy) is 2. The van der Waals surface area contributed by atoms with Crippen molar-refractivity contribution in [2.45, 2.75) is 26.2 Å². The Labute approximate surface area is 142 Å². The number of carbonyl (C=O) groups excluding carboxylic acids is 2. The molecular formula is C18H24N2O4. The lowest BCUT2D eigenvalue weighted by Crippen LogP contribution is -2.50. The van der Waals surface area contributed by atoms with E-state index in [4.69, 9.17) is 9.47 Å². The molecule has 0 saturated carbocycles. The molecule has 0 atom stereocenters. The minimum atomic E-state index is 0.0908. The van der Waals surface area contributed by atoms with Gasteiger partial charge in [-0.15, -0.1) is 0 Å². The maximum atomic E-state index is 12.5. The van der Waals surface area contributed by atoms with E-state index in [1.54, 1.807) is 0 Å². The highest BCUT2D eigenvalue weighted by atomic mass is 16.5. The van der Waals surface area contributed by atoms with Gasteiger partial charge in [0.05, 0.1) is 19.6 Å². The number of fused-ring (bicyclic) bond motifs is 1. The van der Waals surface area contributed by atoms with Gasteiger partial charge < -0.3 is 19.3 Å². The fraction of sp³-hybridized carbons (Fsp3) is 0.556. The fourth-order valence-electron chi connectivity index (χ4n) is 3.03. The number of rotatable bonds is 3. The highest BCUT2D eigenvalue weighted by Crippen LogP contribution is 2.30. The first-order valence-electron chi connectivity index (χ1n) is 8.61. The third-order valence-electron chi connectivity index (χ3n) is 4.45. The first-order valence-corrected chi connectivity index (χ1v) is 8.61. The molecule has 2 heterocycles. The molecule has 0 spiro atoms. The highest BCUT2D eigenvalue weighted by Gasteiger charge is 2.23. The molecule has 1 fully saturated rings. The van der Waals surface area contributed by atoms with Crippen LogP contribution in [0.4, 0.5) is 0 Å². The van der Waals surface area contributed by atoms with Gasteiger partial charge in [-0.05, 0) is 17.7 Å². The molecule has 1 saturated heterocycles. The van der Waals surface area contributed by atoms with Gasteiger partial charge in [0, 0.05) is 39.0 Å². The molecule has 0 radical (unpaired) electrons. The van der Waals surface area contributed by atoms with Crippen LogP contribution in [-0.4, -0.2) is 61.0 Å². The smallest absolute Gasteiger partial charge is 0.227 e. The first-order chi connectivity index (χ1) is 11.7. The average molecular weight is 332 g/mol. The van der Waals surface area contributed by atoms with Gasteiger partial charge in [0.2, 0.25) is 11.8 Å². The van der Waals surface area contributed by atoms with E-state index in [0.29, 0.717) is 52.2 Å². The summed E-state index contributed by atoms with van der Waals surface area (Å²) in [5.41, 5.74) is 0.927. The van der Waals surface area contributed by atoms with Crippen LogP contribution in [0.2, 0.25) is 0 Å². The van der Waals surface area contributed by atoms with Crippen LogP contribution in [0.3, 0.4) is 0 Å². The second kappa shape index (κ2) is 7.55. The minimum absolute atomic E-state index is 0.0908. The number of hydrogen-bond donors (Lipinski definition) is 0. The largest absolute Gasteiger partial charge is 0.490 e. The van der Waals surface area contributed by atoms with Crippen molar-refractivity contribution in [3.05, 3.63) is 23.8 Å². The summed E-state index contributed by atoms with van der Waals surface area (Å²) in [7, 11) is 0. The molecule has 24 heavy (non-hydrogen) atoms. The quantitative estimate of drug-likeness (QED) is 0.841. The van der Waals surface area contributed by atoms with Gasteiger partial charge in [0.15, 0.2) is 11.5 Å². The Morgan fingerprint density at radius 1 is 0.958 bits per heavy atom. The summed E-state index contributed by atoms with van der Waals surface area (Å²) in [5.74, 6) is 1.71. The van der Waals surface area contributed by atoms with E-state index in [9.17, 15) is 9.59 Å². The number of hydrogen-bond acceptors (Lipinski definition) is 4. The summed E-state index contributed by atoms with van der Waals surface area (Å²) in [6.45, 7) is 5.62. The average Bonchev–Trinajstić information content (AvgIpc) is 2.86. The molecule has 6 nitrogen and oxygen atoms in total. The number of benzene rings is 1. The summed E-state index contributed by atoms with van der Waals surface area (Å²) < 4.78 is 11.3. The summed E-state index contributed by atoms with van der Waals surface area (Å²) in [6, 6.07) is 5.69. The van der Waals surface area contributed by atoms with Crippen LogP contribution in [0.25, 0.3) is 0 Å². The van der Waals surface area contributed by atoms with Crippen LogP contribution < -0.4 is 9.47 Å². The van der Waals surface area contributed by atoms with Gasteiger partial charge in [-0.3, -0.25) is 9.59 Å². The van der Waals surface area contributed by atoms with Gasteiger partial charge in [-0.2, -0.15) is 0 Å². The Balaban J connectivity index is 1.57. The third-order valence-corrected chi connectivity index (χ3v) is 4.45. The molecule has 3 rings (SSSR count). The van der Waals surface area contributed by atoms with Gasteiger partial charge >= 0.3 is 0 Å². The van der Waals surface area contributed by atoms with Crippen LogP contribution in [0, 0.1) is 0 Å². The predicted octanol–water partition coefficient (Wildman–Crippen LogP) is 1.47. The zero-order valence-corrected chi connectivity index (χ0v) is 14.1. The van der Waals surface area contributed by atoms with Crippen LogP contribution in [-0.2, 0) is 16.0 Å². The number of amides is 2. The van der Waals surface area contributed by atoms with E-state index in [0.717, 1.165) is 23.5 Å². The van der Waals surface area contributed by atoms with Crippen LogP contribution in [0.1, 0.15) is 25.3 Å². The first kappa shape index (κ1) is 16.6. The summed E-state index contributed by atoms with van der Waals surface area (Å²) in [6.07, 6.45) is 1.73. The van der Waals surface area contributed by atoms with E-state index in [1.165, 1.54) is 0 Å². The zero-order chi connectivity index (χ0) is 16.9. The van der Waals surface area contributed by atoms with Crippen molar-refractivity contribution in [3.8, 4) is 11.5 Å². The molecule has 1 aromatic rings. The molecule has 0 aliphatic carbocycles. The summed E-state index contributed by atoms with van der Waals surface area (Å²) >= 11 is 0. The standard InChI is InChI=1S/C18H24N2O4/c1-2-17(21)19-6-8-20(9-7-19)18(22)13-14-4-5-15-16(12-14)24-11-3-10-23-15/h4-5,12H,2-3,6-11,13H2,1H3. The van der Waals surface area contributed by atoms with Gasteiger partial charge in [-0.25, -0.2) is 0 Å². The normalized spacial score (nSPS) is 17.4. The molecule has 0 N–H and O–H groups in total. The molecule has 6 heteroatoms. The van der Waals surface area contributed by atoms with Gasteiger partial charge in [-0.1, -0.05) is 13.0 Å². The second-order valence-corrected chi connectivity index (χ2v) is 6.12. The fourth-order valence-corrected chi connectivity index (χ4v) is 3.03. The molecule has 130 valence electrons. The van der Waals surface area contributed by atoms with Crippen LogP contribution >= 0.6 is 0 Å². The highest BCUT2D eigenvalue weighted by molar-refractivity contribution is 5.80. The second-order valence-electron chi connectivity index (χ2n) is 6.12. The van der Waals surface area contributed by atoms with E-state index in [2.05, 4.69) is 0 Å². The maximum Gasteiger partial charge on any atom is 0.227 e. The van der Waals surface area contributed by atoms with Gasteiger partial charge in [0.1, 0.15) is 0 Å². The maximum absolute atomic E-state index is 12.5. The zero-order valence-electron chi connectivity index (χ0n) is 14.1. The monoisotopic (exact) mass is 332 g/mol. The predicted molar refractivity (Wildman–Crippen MR) is 89.2 cm³/mol. The molecule has 2 aliphatic heterocycles. The summed E-state index contributed by atoms with van der Waals surface area (Å²) in [4.78, 5) is 27.9. The Kier molecular flexibility index (Phi) is 5.23. The van der Waals surface area contributed by atoms with Crippen molar-refractivity contribution in [1.82, 2.24) is 9.80 Å². The topological polar surface area (TPSA) is 59.1 Å². The van der Waals surface area contributed by atoms with E-state index < -0.39 is 0 Å². The Morgan fingerprint density at radius 2 is 1.58 bits per heavy atom. The van der Waals surface area contributed by atoms with Crippen LogP contribution in [0.5, 0.6) is 11.5 Å². The Bertz CT molecular complexity index is 609. The molecule has 2 amide bonds. The molecule has 0 bridgehead atoms.